The van der Waals surface area contributed by atoms with E-state index in [9.17, 15) is 0 Å². The smallest absolute Gasteiger partial charge is 0.155 e. The number of halogens is 1. The van der Waals surface area contributed by atoms with E-state index in [4.69, 9.17) is 16.3 Å². The number of aromatic nitrogens is 2. The summed E-state index contributed by atoms with van der Waals surface area (Å²) in [4.78, 5) is 8.28. The van der Waals surface area contributed by atoms with Gasteiger partial charge in [0.1, 0.15) is 17.2 Å². The Morgan fingerprint density at radius 2 is 1.55 bits per heavy atom. The molecular formula is C16H11ClN2O. The van der Waals surface area contributed by atoms with Gasteiger partial charge < -0.3 is 4.74 Å². The van der Waals surface area contributed by atoms with Crippen molar-refractivity contribution in [1.29, 1.82) is 0 Å². The lowest BCUT2D eigenvalue weighted by Crippen LogP contribution is -1.89. The van der Waals surface area contributed by atoms with Gasteiger partial charge in [0, 0.05) is 18.0 Å². The SMILES string of the molecule is Clc1nccnc1-c1cccc(Oc2ccccc2)c1. The summed E-state index contributed by atoms with van der Waals surface area (Å²) >= 11 is 6.06. The molecule has 0 atom stereocenters. The Hall–Kier alpha value is -2.39. The topological polar surface area (TPSA) is 35.0 Å². The van der Waals surface area contributed by atoms with Crippen LogP contribution in [0, 0.1) is 0 Å². The molecule has 0 aliphatic rings. The van der Waals surface area contributed by atoms with Crippen molar-refractivity contribution in [3.63, 3.8) is 0 Å². The van der Waals surface area contributed by atoms with E-state index in [0.717, 1.165) is 17.1 Å². The van der Waals surface area contributed by atoms with Gasteiger partial charge in [-0.05, 0) is 24.3 Å². The van der Waals surface area contributed by atoms with Crippen LogP contribution in [0.3, 0.4) is 0 Å². The molecule has 3 nitrogen and oxygen atoms in total. The molecule has 0 fully saturated rings. The van der Waals surface area contributed by atoms with Crippen molar-refractivity contribution >= 4 is 11.6 Å². The van der Waals surface area contributed by atoms with E-state index in [0.29, 0.717) is 10.8 Å². The molecule has 0 saturated heterocycles. The highest BCUT2D eigenvalue weighted by atomic mass is 35.5. The summed E-state index contributed by atoms with van der Waals surface area (Å²) in [6, 6.07) is 17.2. The Kier molecular flexibility index (Phi) is 3.61. The number of benzene rings is 2. The second-order valence-corrected chi connectivity index (χ2v) is 4.50. The van der Waals surface area contributed by atoms with E-state index in [2.05, 4.69) is 9.97 Å². The van der Waals surface area contributed by atoms with Crippen LogP contribution in [0.2, 0.25) is 5.15 Å². The molecule has 3 rings (SSSR count). The first-order chi connectivity index (χ1) is 9.83. The van der Waals surface area contributed by atoms with Crippen LogP contribution in [-0.4, -0.2) is 9.97 Å². The Balaban J connectivity index is 1.92. The summed E-state index contributed by atoms with van der Waals surface area (Å²) < 4.78 is 5.79. The average Bonchev–Trinajstić information content (AvgIpc) is 2.49. The number of hydrogen-bond donors (Lipinski definition) is 0. The predicted octanol–water partition coefficient (Wildman–Crippen LogP) is 4.59. The molecule has 1 aromatic heterocycles. The van der Waals surface area contributed by atoms with Crippen molar-refractivity contribution < 1.29 is 4.74 Å². The monoisotopic (exact) mass is 282 g/mol. The zero-order valence-corrected chi connectivity index (χ0v) is 11.3. The summed E-state index contributed by atoms with van der Waals surface area (Å²) in [6.07, 6.45) is 3.18. The molecule has 0 radical (unpaired) electrons. The molecule has 0 saturated carbocycles. The lowest BCUT2D eigenvalue weighted by molar-refractivity contribution is 0.483. The molecule has 0 unspecified atom stereocenters. The van der Waals surface area contributed by atoms with Gasteiger partial charge in [0.05, 0.1) is 0 Å². The van der Waals surface area contributed by atoms with Crippen molar-refractivity contribution in [3.05, 3.63) is 72.1 Å². The largest absolute Gasteiger partial charge is 0.457 e. The van der Waals surface area contributed by atoms with Crippen molar-refractivity contribution in [1.82, 2.24) is 9.97 Å². The third-order valence-corrected chi connectivity index (χ3v) is 3.02. The van der Waals surface area contributed by atoms with Crippen molar-refractivity contribution in [3.8, 4) is 22.8 Å². The Morgan fingerprint density at radius 3 is 2.35 bits per heavy atom. The molecule has 0 N–H and O–H groups in total. The van der Waals surface area contributed by atoms with E-state index in [-0.39, 0.29) is 0 Å². The van der Waals surface area contributed by atoms with Crippen molar-refractivity contribution in [2.45, 2.75) is 0 Å². The first kappa shape index (κ1) is 12.6. The number of rotatable bonds is 3. The Morgan fingerprint density at radius 1 is 0.800 bits per heavy atom. The van der Waals surface area contributed by atoms with Crippen LogP contribution in [0.1, 0.15) is 0 Å². The van der Waals surface area contributed by atoms with Crippen LogP contribution in [0.5, 0.6) is 11.5 Å². The van der Waals surface area contributed by atoms with Crippen LogP contribution in [0.25, 0.3) is 11.3 Å². The average molecular weight is 283 g/mol. The second-order valence-electron chi connectivity index (χ2n) is 4.14. The minimum atomic E-state index is 0.379. The van der Waals surface area contributed by atoms with E-state index in [1.807, 2.05) is 54.6 Å². The second kappa shape index (κ2) is 5.72. The van der Waals surface area contributed by atoms with Crippen LogP contribution in [-0.2, 0) is 0 Å². The lowest BCUT2D eigenvalue weighted by atomic mass is 10.1. The maximum atomic E-state index is 6.06. The molecule has 98 valence electrons. The minimum absolute atomic E-state index is 0.379. The molecule has 20 heavy (non-hydrogen) atoms. The van der Waals surface area contributed by atoms with Crippen LogP contribution in [0.4, 0.5) is 0 Å². The van der Waals surface area contributed by atoms with E-state index in [1.54, 1.807) is 12.4 Å². The lowest BCUT2D eigenvalue weighted by Gasteiger charge is -2.07. The number of nitrogens with zero attached hydrogens (tertiary/aromatic N) is 2. The molecular weight excluding hydrogens is 272 g/mol. The molecule has 0 amide bonds. The van der Waals surface area contributed by atoms with E-state index < -0.39 is 0 Å². The highest BCUT2D eigenvalue weighted by Crippen LogP contribution is 2.28. The first-order valence-electron chi connectivity index (χ1n) is 6.13. The van der Waals surface area contributed by atoms with Gasteiger partial charge in [0.2, 0.25) is 0 Å². The number of hydrogen-bond acceptors (Lipinski definition) is 3. The van der Waals surface area contributed by atoms with Crippen LogP contribution >= 0.6 is 11.6 Å². The number of para-hydroxylation sites is 1. The molecule has 3 aromatic rings. The predicted molar refractivity (Wildman–Crippen MR) is 79.0 cm³/mol. The Labute approximate surface area is 121 Å². The van der Waals surface area contributed by atoms with Gasteiger partial charge >= 0.3 is 0 Å². The zero-order valence-electron chi connectivity index (χ0n) is 10.5. The van der Waals surface area contributed by atoms with Gasteiger partial charge in [-0.25, -0.2) is 4.98 Å². The quantitative estimate of drug-likeness (QED) is 0.705. The van der Waals surface area contributed by atoms with Gasteiger partial charge in [-0.1, -0.05) is 41.9 Å². The summed E-state index contributed by atoms with van der Waals surface area (Å²) in [6.45, 7) is 0. The molecule has 0 bridgehead atoms. The Bertz CT molecular complexity index is 716. The first-order valence-corrected chi connectivity index (χ1v) is 6.50. The molecule has 1 heterocycles. The molecule has 2 aromatic carbocycles. The fraction of sp³-hybridized carbons (Fsp3) is 0. The molecule has 0 aliphatic heterocycles. The van der Waals surface area contributed by atoms with Gasteiger partial charge in [0.25, 0.3) is 0 Å². The highest BCUT2D eigenvalue weighted by molar-refractivity contribution is 6.31. The van der Waals surface area contributed by atoms with Crippen LogP contribution in [0.15, 0.2) is 67.0 Å². The summed E-state index contributed by atoms with van der Waals surface area (Å²) in [5, 5.41) is 0.379. The molecule has 0 spiro atoms. The third-order valence-electron chi connectivity index (χ3n) is 2.74. The highest BCUT2D eigenvalue weighted by Gasteiger charge is 2.07. The molecule has 4 heteroatoms. The van der Waals surface area contributed by atoms with E-state index >= 15 is 0 Å². The van der Waals surface area contributed by atoms with Crippen LogP contribution < -0.4 is 4.74 Å². The summed E-state index contributed by atoms with van der Waals surface area (Å²) in [5.41, 5.74) is 1.52. The fourth-order valence-corrected chi connectivity index (χ4v) is 2.06. The standard InChI is InChI=1S/C16H11ClN2O/c17-16-15(18-9-10-19-16)12-5-4-8-14(11-12)20-13-6-2-1-3-7-13/h1-11H. The van der Waals surface area contributed by atoms with Gasteiger partial charge in [0.15, 0.2) is 5.15 Å². The normalized spacial score (nSPS) is 10.2. The third kappa shape index (κ3) is 2.78. The van der Waals surface area contributed by atoms with Gasteiger partial charge in [-0.2, -0.15) is 0 Å². The summed E-state index contributed by atoms with van der Waals surface area (Å²) in [7, 11) is 0. The fourth-order valence-electron chi connectivity index (χ4n) is 1.85. The summed E-state index contributed by atoms with van der Waals surface area (Å²) in [5.74, 6) is 1.52. The van der Waals surface area contributed by atoms with Gasteiger partial charge in [-0.15, -0.1) is 0 Å². The molecule has 0 aliphatic carbocycles. The van der Waals surface area contributed by atoms with Crippen molar-refractivity contribution in [2.75, 3.05) is 0 Å². The zero-order chi connectivity index (χ0) is 13.8. The van der Waals surface area contributed by atoms with Gasteiger partial charge in [-0.3, -0.25) is 4.98 Å². The maximum absolute atomic E-state index is 6.06. The van der Waals surface area contributed by atoms with Crippen molar-refractivity contribution in [2.24, 2.45) is 0 Å². The maximum Gasteiger partial charge on any atom is 0.155 e. The minimum Gasteiger partial charge on any atom is -0.457 e. The van der Waals surface area contributed by atoms with E-state index in [1.165, 1.54) is 0 Å². The number of ether oxygens (including phenoxy) is 1.